The largest absolute Gasteiger partial charge is 0.497 e. The van der Waals surface area contributed by atoms with Gasteiger partial charge in [-0.05, 0) is 30.3 Å². The van der Waals surface area contributed by atoms with Crippen LogP contribution in [0.25, 0.3) is 22.3 Å². The molecule has 5 heteroatoms. The molecule has 0 saturated heterocycles. The highest BCUT2D eigenvalue weighted by molar-refractivity contribution is 6.31. The Labute approximate surface area is 120 Å². The minimum atomic E-state index is -0.190. The van der Waals surface area contributed by atoms with Gasteiger partial charge in [0, 0.05) is 10.6 Å². The molecule has 20 heavy (non-hydrogen) atoms. The zero-order valence-electron chi connectivity index (χ0n) is 10.7. The predicted octanol–water partition coefficient (Wildman–Crippen LogP) is 3.25. The average Bonchev–Trinajstić information content (AvgIpc) is 2.46. The molecule has 3 aromatic rings. The van der Waals surface area contributed by atoms with E-state index in [4.69, 9.17) is 16.3 Å². The van der Waals surface area contributed by atoms with E-state index in [1.165, 1.54) is 0 Å². The number of nitrogens with zero attached hydrogens (tertiary/aromatic N) is 1. The summed E-state index contributed by atoms with van der Waals surface area (Å²) in [7, 11) is 1.59. The molecule has 0 unspecified atom stereocenters. The number of hydrogen-bond acceptors (Lipinski definition) is 3. The van der Waals surface area contributed by atoms with Crippen molar-refractivity contribution in [2.24, 2.45) is 0 Å². The normalized spacial score (nSPS) is 10.7. The van der Waals surface area contributed by atoms with E-state index in [-0.39, 0.29) is 5.56 Å². The van der Waals surface area contributed by atoms with Crippen molar-refractivity contribution in [2.75, 3.05) is 7.11 Å². The van der Waals surface area contributed by atoms with E-state index in [9.17, 15) is 4.79 Å². The number of benzene rings is 2. The number of H-pyrrole nitrogens is 1. The fourth-order valence-corrected chi connectivity index (χ4v) is 2.19. The van der Waals surface area contributed by atoms with E-state index in [0.29, 0.717) is 27.5 Å². The summed E-state index contributed by atoms with van der Waals surface area (Å²) >= 11 is 5.94. The second kappa shape index (κ2) is 4.98. The van der Waals surface area contributed by atoms with Crippen LogP contribution in [-0.4, -0.2) is 17.1 Å². The monoisotopic (exact) mass is 286 g/mol. The highest BCUT2D eigenvalue weighted by atomic mass is 35.5. The molecular formula is C15H11ClN2O2. The van der Waals surface area contributed by atoms with Gasteiger partial charge in [0.15, 0.2) is 0 Å². The molecule has 0 spiro atoms. The van der Waals surface area contributed by atoms with E-state index in [1.807, 2.05) is 24.3 Å². The molecule has 0 aliphatic carbocycles. The highest BCUT2D eigenvalue weighted by Gasteiger charge is 2.07. The van der Waals surface area contributed by atoms with Gasteiger partial charge in [0.05, 0.1) is 18.0 Å². The van der Waals surface area contributed by atoms with Crippen molar-refractivity contribution in [3.8, 4) is 17.1 Å². The third kappa shape index (κ3) is 2.26. The van der Waals surface area contributed by atoms with Gasteiger partial charge in [0.2, 0.25) is 0 Å². The van der Waals surface area contributed by atoms with Gasteiger partial charge in [0.1, 0.15) is 11.6 Å². The van der Waals surface area contributed by atoms with Crippen molar-refractivity contribution < 1.29 is 4.74 Å². The zero-order chi connectivity index (χ0) is 14.1. The molecule has 0 fully saturated rings. The summed E-state index contributed by atoms with van der Waals surface area (Å²) in [5.74, 6) is 1.19. The Bertz CT molecular complexity index is 843. The first-order valence-electron chi connectivity index (χ1n) is 6.01. The Balaban J connectivity index is 2.23. The lowest BCUT2D eigenvalue weighted by molar-refractivity contribution is 0.415. The molecule has 2 aromatic carbocycles. The maximum absolute atomic E-state index is 12.1. The number of hydrogen-bond donors (Lipinski definition) is 1. The van der Waals surface area contributed by atoms with Crippen LogP contribution < -0.4 is 10.3 Å². The molecule has 0 radical (unpaired) electrons. The van der Waals surface area contributed by atoms with E-state index in [1.54, 1.807) is 25.3 Å². The number of aromatic nitrogens is 2. The highest BCUT2D eigenvalue weighted by Crippen LogP contribution is 2.22. The van der Waals surface area contributed by atoms with Gasteiger partial charge in [-0.2, -0.15) is 0 Å². The molecule has 1 heterocycles. The van der Waals surface area contributed by atoms with Crippen LogP contribution in [0.4, 0.5) is 0 Å². The van der Waals surface area contributed by atoms with Crippen LogP contribution in [0.1, 0.15) is 0 Å². The van der Waals surface area contributed by atoms with Crippen molar-refractivity contribution in [2.45, 2.75) is 0 Å². The van der Waals surface area contributed by atoms with Gasteiger partial charge in [-0.15, -0.1) is 0 Å². The van der Waals surface area contributed by atoms with Gasteiger partial charge < -0.3 is 9.72 Å². The summed E-state index contributed by atoms with van der Waals surface area (Å²) in [6, 6.07) is 12.4. The van der Waals surface area contributed by atoms with E-state index >= 15 is 0 Å². The lowest BCUT2D eigenvalue weighted by Crippen LogP contribution is -2.09. The standard InChI is InChI=1S/C15H11ClN2O2/c1-20-11-4-2-3-9(7-11)14-17-13-8-10(16)5-6-12(13)15(19)18-14/h2-8H,1H3,(H,17,18,19). The van der Waals surface area contributed by atoms with Crippen LogP contribution in [-0.2, 0) is 0 Å². The summed E-state index contributed by atoms with van der Waals surface area (Å²) in [4.78, 5) is 19.3. The maximum atomic E-state index is 12.1. The number of halogens is 1. The van der Waals surface area contributed by atoms with Gasteiger partial charge in [-0.25, -0.2) is 4.98 Å². The van der Waals surface area contributed by atoms with Gasteiger partial charge in [-0.3, -0.25) is 4.79 Å². The third-order valence-corrected chi connectivity index (χ3v) is 3.25. The topological polar surface area (TPSA) is 55.0 Å². The van der Waals surface area contributed by atoms with Crippen LogP contribution in [0.15, 0.2) is 47.3 Å². The molecule has 0 aliphatic heterocycles. The molecule has 100 valence electrons. The minimum absolute atomic E-state index is 0.190. The smallest absolute Gasteiger partial charge is 0.259 e. The SMILES string of the molecule is COc1cccc(-c2nc3cc(Cl)ccc3c(=O)[nH]2)c1. The Kier molecular flexibility index (Phi) is 3.16. The molecular weight excluding hydrogens is 276 g/mol. The number of aromatic amines is 1. The fraction of sp³-hybridized carbons (Fsp3) is 0.0667. The Morgan fingerprint density at radius 2 is 2.05 bits per heavy atom. The van der Waals surface area contributed by atoms with Gasteiger partial charge in [0.25, 0.3) is 5.56 Å². The first-order valence-corrected chi connectivity index (χ1v) is 6.39. The van der Waals surface area contributed by atoms with Crippen molar-refractivity contribution in [1.29, 1.82) is 0 Å². The van der Waals surface area contributed by atoms with Crippen molar-refractivity contribution in [3.63, 3.8) is 0 Å². The molecule has 4 nitrogen and oxygen atoms in total. The van der Waals surface area contributed by atoms with Gasteiger partial charge >= 0.3 is 0 Å². The van der Waals surface area contributed by atoms with E-state index in [0.717, 1.165) is 5.56 Å². The summed E-state index contributed by atoms with van der Waals surface area (Å²) in [6.45, 7) is 0. The lowest BCUT2D eigenvalue weighted by atomic mass is 10.2. The molecule has 3 rings (SSSR count). The average molecular weight is 287 g/mol. The molecule has 0 amide bonds. The second-order valence-corrected chi connectivity index (χ2v) is 4.74. The van der Waals surface area contributed by atoms with E-state index < -0.39 is 0 Å². The fourth-order valence-electron chi connectivity index (χ4n) is 2.02. The zero-order valence-corrected chi connectivity index (χ0v) is 11.4. The van der Waals surface area contributed by atoms with Crippen molar-refractivity contribution >= 4 is 22.5 Å². The molecule has 1 aromatic heterocycles. The van der Waals surface area contributed by atoms with E-state index in [2.05, 4.69) is 9.97 Å². The van der Waals surface area contributed by atoms with Crippen molar-refractivity contribution in [1.82, 2.24) is 9.97 Å². The van der Waals surface area contributed by atoms with Crippen LogP contribution in [0.2, 0.25) is 5.02 Å². The first kappa shape index (κ1) is 12.7. The summed E-state index contributed by atoms with van der Waals surface area (Å²) in [5.41, 5.74) is 1.16. The van der Waals surface area contributed by atoms with Crippen LogP contribution in [0.3, 0.4) is 0 Å². The molecule has 0 bridgehead atoms. The molecule has 1 N–H and O–H groups in total. The number of ether oxygens (including phenoxy) is 1. The summed E-state index contributed by atoms with van der Waals surface area (Å²) in [5, 5.41) is 1.06. The second-order valence-electron chi connectivity index (χ2n) is 4.31. The Morgan fingerprint density at radius 1 is 1.20 bits per heavy atom. The first-order chi connectivity index (χ1) is 9.67. The summed E-state index contributed by atoms with van der Waals surface area (Å²) in [6.07, 6.45) is 0. The quantitative estimate of drug-likeness (QED) is 0.787. The lowest BCUT2D eigenvalue weighted by Gasteiger charge is -2.05. The number of nitrogens with one attached hydrogen (secondary N) is 1. The van der Waals surface area contributed by atoms with Crippen LogP contribution in [0.5, 0.6) is 5.75 Å². The number of methoxy groups -OCH3 is 1. The molecule has 0 saturated carbocycles. The Hall–Kier alpha value is -2.33. The number of fused-ring (bicyclic) bond motifs is 1. The number of rotatable bonds is 2. The van der Waals surface area contributed by atoms with Crippen LogP contribution in [0, 0.1) is 0 Å². The third-order valence-electron chi connectivity index (χ3n) is 3.01. The predicted molar refractivity (Wildman–Crippen MR) is 79.4 cm³/mol. The molecule has 0 aliphatic rings. The minimum Gasteiger partial charge on any atom is -0.497 e. The van der Waals surface area contributed by atoms with Gasteiger partial charge in [-0.1, -0.05) is 23.7 Å². The summed E-state index contributed by atoms with van der Waals surface area (Å²) < 4.78 is 5.17. The van der Waals surface area contributed by atoms with Crippen LogP contribution >= 0.6 is 11.6 Å². The molecule has 0 atom stereocenters. The Morgan fingerprint density at radius 3 is 2.85 bits per heavy atom. The maximum Gasteiger partial charge on any atom is 0.259 e. The van der Waals surface area contributed by atoms with Crippen molar-refractivity contribution in [3.05, 3.63) is 57.8 Å².